The quantitative estimate of drug-likeness (QED) is 0.276. The van der Waals surface area contributed by atoms with E-state index < -0.39 is 32.5 Å². The fourth-order valence-electron chi connectivity index (χ4n) is 30.0. The van der Waals surface area contributed by atoms with Crippen molar-refractivity contribution < 1.29 is 43.4 Å². The third kappa shape index (κ3) is 10.3. The highest BCUT2D eigenvalue weighted by atomic mass is 16.3. The molecule has 16 rings (SSSR count). The summed E-state index contributed by atoms with van der Waals surface area (Å²) in [4.78, 5) is 97.5. The van der Waals surface area contributed by atoms with Gasteiger partial charge in [-0.3, -0.25) is 14.4 Å². The van der Waals surface area contributed by atoms with Crippen molar-refractivity contribution in [2.45, 2.75) is 279 Å². The number of carbonyl (C=O) groups is 6. The lowest BCUT2D eigenvalue weighted by atomic mass is 9.34. The predicted octanol–water partition coefficient (Wildman–Crippen LogP) is 20.4. The fourth-order valence-corrected chi connectivity index (χ4v) is 30.0. The molecule has 0 saturated heterocycles. The van der Waals surface area contributed by atoms with Gasteiger partial charge in [0.25, 0.3) is 0 Å². The normalized spacial score (nSPS) is 49.1. The van der Waals surface area contributed by atoms with Crippen LogP contribution in [-0.2, 0) is 28.8 Å². The highest BCUT2D eigenvalue weighted by molar-refractivity contribution is 6.05. The van der Waals surface area contributed by atoms with Crippen LogP contribution in [-0.4, -0.2) is 63.1 Å². The van der Waals surface area contributed by atoms with Crippen molar-refractivity contribution in [3.63, 3.8) is 0 Å². The van der Waals surface area contributed by atoms with Crippen molar-refractivity contribution in [3.8, 4) is 0 Å². The zero-order chi connectivity index (χ0) is 78.2. The molecule has 15 aliphatic carbocycles. The van der Waals surface area contributed by atoms with Crippen LogP contribution in [0.2, 0.25) is 0 Å². The van der Waals surface area contributed by atoms with Gasteiger partial charge in [0.15, 0.2) is 41.1 Å². The Morgan fingerprint density at radius 3 is 1.02 bits per heavy atom. The molecular weight excluding hydrogens is 1330 g/mol. The van der Waals surface area contributed by atoms with Crippen LogP contribution in [0.4, 0.5) is 0 Å². The van der Waals surface area contributed by atoms with Gasteiger partial charge in [-0.15, -0.1) is 0 Å². The molecule has 24 atom stereocenters. The van der Waals surface area contributed by atoms with Gasteiger partial charge >= 0.3 is 0 Å². The number of aliphatic hydroxyl groups is 2. The minimum absolute atomic E-state index is 0.0200. The van der Waals surface area contributed by atoms with Crippen molar-refractivity contribution >= 4 is 34.7 Å². The molecule has 0 aromatic carbocycles. The number of ketones is 6. The molecule has 2 N–H and O–H groups in total. The maximum atomic E-state index is 14.4. The molecule has 1 aromatic heterocycles. The fraction of sp³-hybridized carbons (Fsp3) is 0.745. The van der Waals surface area contributed by atoms with Gasteiger partial charge < -0.3 is 29.0 Å². The zero-order valence-corrected chi connectivity index (χ0v) is 68.7. The molecule has 107 heavy (non-hydrogen) atoms. The first-order valence-corrected chi connectivity index (χ1v) is 41.4. The highest BCUT2D eigenvalue weighted by Gasteiger charge is 2.74. The van der Waals surface area contributed by atoms with Gasteiger partial charge in [-0.25, -0.2) is 19.5 Å². The second-order valence-corrected chi connectivity index (χ2v) is 43.8. The van der Waals surface area contributed by atoms with Crippen LogP contribution in [0, 0.1) is 165 Å². The van der Waals surface area contributed by atoms with Gasteiger partial charge in [0.1, 0.15) is 5.76 Å². The Kier molecular flexibility index (Phi) is 17.7. The van der Waals surface area contributed by atoms with E-state index in [1.807, 2.05) is 84.2 Å². The Labute approximate surface area is 640 Å². The van der Waals surface area contributed by atoms with Gasteiger partial charge in [0.2, 0.25) is 17.1 Å². The molecule has 15 aliphatic rings. The molecule has 13 nitrogen and oxygen atoms in total. The number of hydrogen-bond acceptors (Lipinski definition) is 10. The van der Waals surface area contributed by atoms with Gasteiger partial charge in [-0.2, -0.15) is 0 Å². The van der Waals surface area contributed by atoms with E-state index in [0.29, 0.717) is 11.8 Å². The summed E-state index contributed by atoms with van der Waals surface area (Å²) in [6, 6.07) is 0. The summed E-state index contributed by atoms with van der Waals surface area (Å²) in [6.45, 7) is 68.0. The molecule has 576 valence electrons. The monoisotopic (exact) mass is 1450 g/mol. The first-order valence-electron chi connectivity index (χ1n) is 41.4. The van der Waals surface area contributed by atoms with Crippen LogP contribution < -0.4 is 0 Å². The molecule has 1 heterocycles. The van der Waals surface area contributed by atoms with Crippen molar-refractivity contribution in [1.82, 2.24) is 4.98 Å². The minimum atomic E-state index is -0.621. The van der Waals surface area contributed by atoms with Gasteiger partial charge in [0, 0.05) is 69.4 Å². The van der Waals surface area contributed by atoms with Crippen LogP contribution in [0.1, 0.15) is 285 Å². The van der Waals surface area contributed by atoms with E-state index in [4.69, 9.17) is 24.1 Å². The van der Waals surface area contributed by atoms with Crippen molar-refractivity contribution in [2.24, 2.45) is 145 Å². The number of hydrogen-bond donors (Lipinski definition) is 2. The lowest BCUT2D eigenvalue weighted by Crippen LogP contribution is -2.64. The number of oxazole rings is 1. The van der Waals surface area contributed by atoms with Crippen LogP contribution in [0.3, 0.4) is 0 Å². The van der Waals surface area contributed by atoms with E-state index in [-0.39, 0.29) is 172 Å². The Balaban J connectivity index is 0.000000135. The lowest BCUT2D eigenvalue weighted by molar-refractivity contribution is -0.171. The molecule has 0 radical (unpaired) electrons. The number of fused-ring (bicyclic) bond motifs is 21. The van der Waals surface area contributed by atoms with E-state index in [2.05, 4.69) is 116 Å². The topological polar surface area (TPSA) is 182 Å². The lowest BCUT2D eigenvalue weighted by Gasteiger charge is -2.69. The Hall–Kier alpha value is -5.94. The number of aromatic nitrogens is 1. The van der Waals surface area contributed by atoms with E-state index in [1.54, 1.807) is 0 Å². The second kappa shape index (κ2) is 24.3. The largest absolute Gasteiger partial charge is 0.448 e. The SMILES string of the molecule is [C-]#[N+]C1=C[C@]2(C)C3=CC(=O)[C@@H]4[C@@H]5CC(C)(CO)CC[C@]5(C)CC[C@@]4(C)[C@]3(C)CC[C@H]2C(C)(C)C1=O.[C-]#[N+]C1=C[C@]2(C)C3=CC(=O)[C@@H]4[C@@H]5CC(C)(CO)CC[C@]5(C)CC[C@@]4(C)[C@]3(C)CC[C@H]2C(C)(C)C1=O.[C-]#[N+]C1=C[C@]2(C)C3=CC(=O)[C@@H]4[C@@H]5CC(c6cnco6)CC[C@]5(C)CC[C@@]4(C)[C@]3(C)CC[C@H]2C(C)(C)C1=O. The predicted molar refractivity (Wildman–Crippen MR) is 415 cm³/mol. The molecular formula is C94H126N4O9. The number of carbonyl (C=O) groups excluding carboxylic acids is 6. The van der Waals surface area contributed by atoms with Gasteiger partial charge in [0.05, 0.1) is 25.9 Å². The van der Waals surface area contributed by atoms with E-state index in [0.717, 1.165) is 152 Å². The standard InChI is InChI=1S/C32H40N2O3.2C31H43NO3/c1-28(2)24-9-11-31(5)25(30(24,4)16-21(33-7)27(28)36)15-22(35)26-20-14-19(23-17-34-18-37-23)8-10-29(20,3)12-13-32(26,31)6;2*1-26(2)22-9-10-30(6)23(29(22,5)17-20(32-8)25(26)35)15-21(34)24-19-16-27(3,18-33)11-12-28(19,4)13-14-31(24,30)7/h15-20,24,26H,8-14H2,1-6H3;2*15,17,19,22,24,33H,9-14,16,18H2,1-7H3/t19?,20-,24-,26-,29+,30-,31+,32+;2*19-,22-,24-,27?,28+,29-,30+,31+/m000/s1. The number of Topliss-reactive ketones (excluding diaryl/α,β-unsaturated/α-hetero) is 3. The third-order valence-electron chi connectivity index (χ3n) is 37.6. The Bertz CT molecular complexity index is 4190. The zero-order valence-electron chi connectivity index (χ0n) is 68.7. The van der Waals surface area contributed by atoms with Gasteiger partial charge in [-0.05, 0) is 248 Å². The molecule has 9 fully saturated rings. The highest BCUT2D eigenvalue weighted by Crippen LogP contribution is 2.79. The summed E-state index contributed by atoms with van der Waals surface area (Å²) < 4.78 is 5.73. The maximum Gasteiger partial charge on any atom is 0.226 e. The van der Waals surface area contributed by atoms with Gasteiger partial charge in [-0.1, -0.05) is 173 Å². The Morgan fingerprint density at radius 1 is 0.411 bits per heavy atom. The van der Waals surface area contributed by atoms with E-state index >= 15 is 0 Å². The number of nitrogens with zero attached hydrogens (tertiary/aromatic N) is 4. The smallest absolute Gasteiger partial charge is 0.226 e. The second-order valence-electron chi connectivity index (χ2n) is 43.8. The first-order chi connectivity index (χ1) is 49.6. The Morgan fingerprint density at radius 2 is 0.720 bits per heavy atom. The molecule has 13 heteroatoms. The van der Waals surface area contributed by atoms with Crippen molar-refractivity contribution in [1.29, 1.82) is 0 Å². The number of allylic oxidation sites excluding steroid dienone is 12. The molecule has 0 amide bonds. The van der Waals surface area contributed by atoms with Crippen LogP contribution in [0.5, 0.6) is 0 Å². The molecule has 0 aliphatic heterocycles. The summed E-state index contributed by atoms with van der Waals surface area (Å²) in [6.07, 6.45) is 36.5. The average Bonchev–Trinajstić information content (AvgIpc) is 0.718. The summed E-state index contributed by atoms with van der Waals surface area (Å²) in [5, 5.41) is 20.4. The van der Waals surface area contributed by atoms with Crippen molar-refractivity contribution in [2.75, 3.05) is 13.2 Å². The average molecular weight is 1460 g/mol. The van der Waals surface area contributed by atoms with E-state index in [9.17, 15) is 39.0 Å². The van der Waals surface area contributed by atoms with Crippen molar-refractivity contribution in [3.05, 3.63) is 123 Å². The van der Waals surface area contributed by atoms with Crippen LogP contribution in [0.15, 0.2) is 87.3 Å². The molecule has 3 unspecified atom stereocenters. The summed E-state index contributed by atoms with van der Waals surface area (Å²) in [5.41, 5.74) is 0.197. The summed E-state index contributed by atoms with van der Waals surface area (Å²) in [7, 11) is 0. The molecule has 0 bridgehead atoms. The van der Waals surface area contributed by atoms with E-state index in [1.165, 1.54) is 12.0 Å². The number of rotatable bonds is 3. The number of aliphatic hydroxyl groups excluding tert-OH is 2. The summed E-state index contributed by atoms with van der Waals surface area (Å²) >= 11 is 0. The maximum absolute atomic E-state index is 14.4. The first kappa shape index (κ1) is 77.8. The molecule has 1 aromatic rings. The minimum Gasteiger partial charge on any atom is -0.448 e. The molecule has 0 spiro atoms. The third-order valence-corrected chi connectivity index (χ3v) is 37.6. The molecule has 9 saturated carbocycles. The van der Waals surface area contributed by atoms with Crippen LogP contribution in [0.25, 0.3) is 14.5 Å². The summed E-state index contributed by atoms with van der Waals surface area (Å²) in [5.74, 6) is 2.89. The van der Waals surface area contributed by atoms with Crippen LogP contribution >= 0.6 is 0 Å².